The molecule has 92 valence electrons. The third kappa shape index (κ3) is 4.00. The largest absolute Gasteiger partial charge is 0.353 e. The van der Waals surface area contributed by atoms with Crippen molar-refractivity contribution < 1.29 is 9.59 Å². The molecule has 1 aliphatic heterocycles. The van der Waals surface area contributed by atoms with Gasteiger partial charge in [0.2, 0.25) is 11.8 Å². The van der Waals surface area contributed by atoms with Gasteiger partial charge in [-0.05, 0) is 12.8 Å². The Morgan fingerprint density at radius 1 is 1.38 bits per heavy atom. The van der Waals surface area contributed by atoms with E-state index in [2.05, 4.69) is 5.32 Å². The Morgan fingerprint density at radius 2 is 2.00 bits per heavy atom. The molecule has 1 aliphatic rings. The van der Waals surface area contributed by atoms with Gasteiger partial charge in [-0.3, -0.25) is 9.59 Å². The Hall–Kier alpha value is -0.770. The third-order valence-corrected chi connectivity index (χ3v) is 3.03. The van der Waals surface area contributed by atoms with Crippen LogP contribution in [0, 0.1) is 0 Å². The van der Waals surface area contributed by atoms with Gasteiger partial charge in [0.25, 0.3) is 0 Å². The van der Waals surface area contributed by atoms with Gasteiger partial charge in [0, 0.05) is 37.9 Å². The van der Waals surface area contributed by atoms with E-state index in [1.165, 1.54) is 0 Å². The smallest absolute Gasteiger partial charge is 0.223 e. The molecule has 1 heterocycles. The van der Waals surface area contributed by atoms with Gasteiger partial charge in [0.15, 0.2) is 0 Å². The molecule has 0 unspecified atom stereocenters. The number of rotatable bonds is 4. The van der Waals surface area contributed by atoms with Crippen molar-refractivity contribution in [1.29, 1.82) is 0 Å². The molecule has 0 aromatic carbocycles. The Morgan fingerprint density at radius 3 is 2.50 bits per heavy atom. The monoisotopic (exact) mass is 246 g/mol. The minimum absolute atomic E-state index is 0.0885. The van der Waals surface area contributed by atoms with Crippen molar-refractivity contribution in [2.24, 2.45) is 0 Å². The van der Waals surface area contributed by atoms with Gasteiger partial charge in [0.05, 0.1) is 0 Å². The molecule has 0 saturated carbocycles. The predicted octanol–water partition coefficient (Wildman–Crippen LogP) is 1.13. The van der Waals surface area contributed by atoms with Gasteiger partial charge in [-0.2, -0.15) is 0 Å². The molecule has 16 heavy (non-hydrogen) atoms. The number of carbonyl (C=O) groups is 2. The minimum atomic E-state index is 0.0885. The number of amides is 2. The van der Waals surface area contributed by atoms with Crippen LogP contribution in [0.3, 0.4) is 0 Å². The molecule has 4 nitrogen and oxygen atoms in total. The van der Waals surface area contributed by atoms with E-state index in [-0.39, 0.29) is 17.9 Å². The summed E-state index contributed by atoms with van der Waals surface area (Å²) < 4.78 is 0. The topological polar surface area (TPSA) is 49.4 Å². The summed E-state index contributed by atoms with van der Waals surface area (Å²) in [6, 6.07) is 0.229. The molecular weight excluding hydrogens is 228 g/mol. The standard InChI is InChI=1S/C11H19ClN2O2/c1-2-10(15)13-9-4-7-14(8-5-9)11(16)3-6-12/h9H,2-8H2,1H3,(H,13,15). The van der Waals surface area contributed by atoms with Crippen molar-refractivity contribution in [1.82, 2.24) is 10.2 Å². The fraction of sp³-hybridized carbons (Fsp3) is 0.818. The molecule has 0 aliphatic carbocycles. The predicted molar refractivity (Wildman–Crippen MR) is 63.4 cm³/mol. The Balaban J connectivity index is 2.28. The van der Waals surface area contributed by atoms with E-state index in [1.807, 2.05) is 11.8 Å². The lowest BCUT2D eigenvalue weighted by atomic mass is 10.0. The van der Waals surface area contributed by atoms with Crippen LogP contribution in [0.25, 0.3) is 0 Å². The second-order valence-electron chi connectivity index (χ2n) is 4.02. The lowest BCUT2D eigenvalue weighted by Gasteiger charge is -2.32. The summed E-state index contributed by atoms with van der Waals surface area (Å²) in [6.45, 7) is 3.29. The zero-order chi connectivity index (χ0) is 12.0. The van der Waals surface area contributed by atoms with Crippen molar-refractivity contribution in [3.05, 3.63) is 0 Å². The molecule has 5 heteroatoms. The highest BCUT2D eigenvalue weighted by Gasteiger charge is 2.22. The van der Waals surface area contributed by atoms with E-state index in [0.29, 0.717) is 18.7 Å². The molecule has 0 atom stereocenters. The zero-order valence-electron chi connectivity index (χ0n) is 9.67. The molecule has 2 amide bonds. The summed E-state index contributed by atoms with van der Waals surface area (Å²) in [5, 5.41) is 2.96. The van der Waals surface area contributed by atoms with Gasteiger partial charge < -0.3 is 10.2 Å². The van der Waals surface area contributed by atoms with Crippen LogP contribution < -0.4 is 5.32 Å². The number of halogens is 1. The van der Waals surface area contributed by atoms with Crippen molar-refractivity contribution in [3.8, 4) is 0 Å². The van der Waals surface area contributed by atoms with Gasteiger partial charge in [-0.1, -0.05) is 6.92 Å². The molecule has 0 aromatic rings. The molecular formula is C11H19ClN2O2. The van der Waals surface area contributed by atoms with E-state index >= 15 is 0 Å². The fourth-order valence-electron chi connectivity index (χ4n) is 1.84. The number of hydrogen-bond donors (Lipinski definition) is 1. The minimum Gasteiger partial charge on any atom is -0.353 e. The van der Waals surface area contributed by atoms with Gasteiger partial charge in [-0.25, -0.2) is 0 Å². The second-order valence-corrected chi connectivity index (χ2v) is 4.39. The van der Waals surface area contributed by atoms with Crippen LogP contribution in [0.15, 0.2) is 0 Å². The van der Waals surface area contributed by atoms with Crippen molar-refractivity contribution in [2.75, 3.05) is 19.0 Å². The Labute approximate surface area is 101 Å². The molecule has 1 fully saturated rings. The summed E-state index contributed by atoms with van der Waals surface area (Å²) in [4.78, 5) is 24.6. The SMILES string of the molecule is CCC(=O)NC1CCN(C(=O)CCCl)CC1. The number of hydrogen-bond acceptors (Lipinski definition) is 2. The van der Waals surface area contributed by atoms with Crippen molar-refractivity contribution in [3.63, 3.8) is 0 Å². The van der Waals surface area contributed by atoms with E-state index in [9.17, 15) is 9.59 Å². The van der Waals surface area contributed by atoms with Crippen LogP contribution in [0.5, 0.6) is 0 Å². The van der Waals surface area contributed by atoms with Gasteiger partial charge in [0.1, 0.15) is 0 Å². The number of likely N-dealkylation sites (tertiary alicyclic amines) is 1. The van der Waals surface area contributed by atoms with E-state index in [4.69, 9.17) is 11.6 Å². The average Bonchev–Trinajstić information content (AvgIpc) is 2.30. The fourth-order valence-corrected chi connectivity index (χ4v) is 2.00. The summed E-state index contributed by atoms with van der Waals surface area (Å²) >= 11 is 5.53. The summed E-state index contributed by atoms with van der Waals surface area (Å²) in [5.41, 5.74) is 0. The zero-order valence-corrected chi connectivity index (χ0v) is 10.4. The van der Waals surface area contributed by atoms with Crippen molar-refractivity contribution >= 4 is 23.4 Å². The molecule has 0 bridgehead atoms. The maximum atomic E-state index is 11.5. The first kappa shape index (κ1) is 13.3. The molecule has 1 saturated heterocycles. The highest BCUT2D eigenvalue weighted by Crippen LogP contribution is 2.11. The lowest BCUT2D eigenvalue weighted by molar-refractivity contribution is -0.132. The first-order chi connectivity index (χ1) is 7.67. The van der Waals surface area contributed by atoms with Crippen LogP contribution in [0.1, 0.15) is 32.6 Å². The first-order valence-electron chi connectivity index (χ1n) is 5.80. The number of carbonyl (C=O) groups excluding carboxylic acids is 2. The maximum absolute atomic E-state index is 11.5. The first-order valence-corrected chi connectivity index (χ1v) is 6.34. The van der Waals surface area contributed by atoms with E-state index in [1.54, 1.807) is 0 Å². The van der Waals surface area contributed by atoms with Crippen LogP contribution >= 0.6 is 11.6 Å². The van der Waals surface area contributed by atoms with Gasteiger partial charge >= 0.3 is 0 Å². The second kappa shape index (κ2) is 6.74. The van der Waals surface area contributed by atoms with Gasteiger partial charge in [-0.15, -0.1) is 11.6 Å². The molecule has 0 spiro atoms. The molecule has 0 radical (unpaired) electrons. The van der Waals surface area contributed by atoms with Crippen LogP contribution in [0.4, 0.5) is 0 Å². The average molecular weight is 247 g/mol. The lowest BCUT2D eigenvalue weighted by Crippen LogP contribution is -2.46. The number of piperidine rings is 1. The number of alkyl halides is 1. The maximum Gasteiger partial charge on any atom is 0.223 e. The Bertz CT molecular complexity index is 250. The highest BCUT2D eigenvalue weighted by atomic mass is 35.5. The Kier molecular flexibility index (Phi) is 5.60. The molecule has 1 rings (SSSR count). The molecule has 1 N–H and O–H groups in total. The highest BCUT2D eigenvalue weighted by molar-refractivity contribution is 6.18. The summed E-state index contributed by atoms with van der Waals surface area (Å²) in [5.74, 6) is 0.589. The summed E-state index contributed by atoms with van der Waals surface area (Å²) in [7, 11) is 0. The van der Waals surface area contributed by atoms with Crippen molar-refractivity contribution in [2.45, 2.75) is 38.6 Å². The van der Waals surface area contributed by atoms with Crippen LogP contribution in [-0.4, -0.2) is 41.7 Å². The third-order valence-electron chi connectivity index (χ3n) is 2.84. The van der Waals surface area contributed by atoms with E-state index in [0.717, 1.165) is 25.9 Å². The van der Waals surface area contributed by atoms with E-state index < -0.39 is 0 Å². The number of nitrogens with zero attached hydrogens (tertiary/aromatic N) is 1. The molecule has 0 aromatic heterocycles. The van der Waals surface area contributed by atoms with Crippen LogP contribution in [0.2, 0.25) is 0 Å². The van der Waals surface area contributed by atoms with Crippen LogP contribution in [-0.2, 0) is 9.59 Å². The summed E-state index contributed by atoms with van der Waals surface area (Å²) in [6.07, 6.45) is 2.62. The quantitative estimate of drug-likeness (QED) is 0.756. The normalized spacial score (nSPS) is 17.2. The number of nitrogens with one attached hydrogen (secondary N) is 1.